The third-order valence-electron chi connectivity index (χ3n) is 1.82. The van der Waals surface area contributed by atoms with E-state index in [2.05, 4.69) is 9.97 Å². The number of hydrogen-bond donors (Lipinski definition) is 2. The fraction of sp³-hybridized carbons (Fsp3) is 0.500. The first-order valence-electron chi connectivity index (χ1n) is 4.14. The summed E-state index contributed by atoms with van der Waals surface area (Å²) in [6.07, 6.45) is 2.55. The molecule has 0 saturated heterocycles. The standard InChI is InChI=1S/C8H10N2O2S/c11-6-3-7(12)10-8(9-6)13-4-5-1-2-5/h3,5H,1-2,4H2,(H2,9,10,11,12). The van der Waals surface area contributed by atoms with Crippen LogP contribution in [0.15, 0.2) is 11.2 Å². The van der Waals surface area contributed by atoms with Crippen molar-refractivity contribution in [2.75, 3.05) is 5.75 Å². The van der Waals surface area contributed by atoms with E-state index in [0.29, 0.717) is 5.16 Å². The van der Waals surface area contributed by atoms with Gasteiger partial charge in [-0.15, -0.1) is 0 Å². The van der Waals surface area contributed by atoms with Gasteiger partial charge < -0.3 is 10.2 Å². The van der Waals surface area contributed by atoms with Crippen LogP contribution in [0.5, 0.6) is 11.8 Å². The molecule has 0 bridgehead atoms. The van der Waals surface area contributed by atoms with Gasteiger partial charge in [-0.25, -0.2) is 0 Å². The number of thioether (sulfide) groups is 1. The minimum Gasteiger partial charge on any atom is -0.493 e. The van der Waals surface area contributed by atoms with Crippen molar-refractivity contribution < 1.29 is 10.2 Å². The van der Waals surface area contributed by atoms with Gasteiger partial charge in [-0.05, 0) is 18.8 Å². The molecule has 0 unspecified atom stereocenters. The lowest BCUT2D eigenvalue weighted by molar-refractivity contribution is 0.411. The predicted molar refractivity (Wildman–Crippen MR) is 48.8 cm³/mol. The van der Waals surface area contributed by atoms with E-state index in [1.54, 1.807) is 0 Å². The van der Waals surface area contributed by atoms with E-state index in [1.165, 1.54) is 24.6 Å². The lowest BCUT2D eigenvalue weighted by Crippen LogP contribution is -1.89. The zero-order chi connectivity index (χ0) is 9.26. The molecule has 0 radical (unpaired) electrons. The van der Waals surface area contributed by atoms with Crippen molar-refractivity contribution in [3.05, 3.63) is 6.07 Å². The first-order chi connectivity index (χ1) is 6.24. The van der Waals surface area contributed by atoms with Gasteiger partial charge in [0.1, 0.15) is 0 Å². The Labute approximate surface area is 80.0 Å². The topological polar surface area (TPSA) is 66.2 Å². The predicted octanol–water partition coefficient (Wildman–Crippen LogP) is 1.39. The molecule has 0 aliphatic heterocycles. The van der Waals surface area contributed by atoms with Crippen LogP contribution in [-0.4, -0.2) is 25.9 Å². The quantitative estimate of drug-likeness (QED) is 0.567. The third-order valence-corrected chi connectivity index (χ3v) is 2.90. The summed E-state index contributed by atoms with van der Waals surface area (Å²) in [5.41, 5.74) is 0. The molecular weight excluding hydrogens is 188 g/mol. The Kier molecular flexibility index (Phi) is 2.26. The van der Waals surface area contributed by atoms with Crippen LogP contribution in [-0.2, 0) is 0 Å². The largest absolute Gasteiger partial charge is 0.493 e. The Morgan fingerprint density at radius 2 is 1.92 bits per heavy atom. The second-order valence-corrected chi connectivity index (χ2v) is 4.11. The van der Waals surface area contributed by atoms with Crippen LogP contribution in [0, 0.1) is 5.92 Å². The molecule has 70 valence electrons. The van der Waals surface area contributed by atoms with Crippen molar-refractivity contribution in [3.63, 3.8) is 0 Å². The smallest absolute Gasteiger partial charge is 0.218 e. The van der Waals surface area contributed by atoms with E-state index in [1.807, 2.05) is 0 Å². The number of rotatable bonds is 3. The lowest BCUT2D eigenvalue weighted by atomic mass is 10.5. The molecule has 13 heavy (non-hydrogen) atoms. The molecular formula is C8H10N2O2S. The zero-order valence-corrected chi connectivity index (χ0v) is 7.79. The Morgan fingerprint density at radius 1 is 1.31 bits per heavy atom. The molecule has 0 amide bonds. The van der Waals surface area contributed by atoms with Gasteiger partial charge in [0.2, 0.25) is 11.8 Å². The first kappa shape index (κ1) is 8.62. The fourth-order valence-corrected chi connectivity index (χ4v) is 1.98. The van der Waals surface area contributed by atoms with E-state index >= 15 is 0 Å². The summed E-state index contributed by atoms with van der Waals surface area (Å²) in [5, 5.41) is 18.5. The van der Waals surface area contributed by atoms with E-state index in [4.69, 9.17) is 10.2 Å². The van der Waals surface area contributed by atoms with Crippen molar-refractivity contribution in [2.24, 2.45) is 5.92 Å². The van der Waals surface area contributed by atoms with Crippen molar-refractivity contribution in [2.45, 2.75) is 18.0 Å². The Balaban J connectivity index is 2.01. The monoisotopic (exact) mass is 198 g/mol. The van der Waals surface area contributed by atoms with Gasteiger partial charge in [-0.1, -0.05) is 11.8 Å². The van der Waals surface area contributed by atoms with E-state index in [9.17, 15) is 0 Å². The molecule has 1 aromatic heterocycles. The van der Waals surface area contributed by atoms with Gasteiger partial charge in [-0.2, -0.15) is 9.97 Å². The van der Waals surface area contributed by atoms with Gasteiger partial charge >= 0.3 is 0 Å². The van der Waals surface area contributed by atoms with Crippen LogP contribution in [0.25, 0.3) is 0 Å². The van der Waals surface area contributed by atoms with Crippen molar-refractivity contribution in [1.29, 1.82) is 0 Å². The van der Waals surface area contributed by atoms with Crippen molar-refractivity contribution >= 4 is 11.8 Å². The first-order valence-corrected chi connectivity index (χ1v) is 5.12. The molecule has 1 aliphatic carbocycles. The van der Waals surface area contributed by atoms with Crippen LogP contribution in [0.3, 0.4) is 0 Å². The number of aromatic hydroxyl groups is 2. The minimum atomic E-state index is -0.175. The SMILES string of the molecule is Oc1cc(O)nc(SCC2CC2)n1. The Hall–Kier alpha value is -0.970. The van der Waals surface area contributed by atoms with E-state index in [-0.39, 0.29) is 11.8 Å². The van der Waals surface area contributed by atoms with E-state index < -0.39 is 0 Å². The molecule has 1 saturated carbocycles. The highest BCUT2D eigenvalue weighted by atomic mass is 32.2. The highest BCUT2D eigenvalue weighted by molar-refractivity contribution is 7.99. The molecule has 0 spiro atoms. The summed E-state index contributed by atoms with van der Waals surface area (Å²) in [6.45, 7) is 0. The van der Waals surface area contributed by atoms with Crippen LogP contribution in [0.4, 0.5) is 0 Å². The number of hydrogen-bond acceptors (Lipinski definition) is 5. The molecule has 2 N–H and O–H groups in total. The molecule has 4 nitrogen and oxygen atoms in total. The summed E-state index contributed by atoms with van der Waals surface area (Å²) >= 11 is 1.48. The van der Waals surface area contributed by atoms with Gasteiger partial charge in [0.05, 0.1) is 6.07 Å². The molecule has 1 aliphatic rings. The molecule has 0 aromatic carbocycles. The summed E-state index contributed by atoms with van der Waals surface area (Å²) < 4.78 is 0. The van der Waals surface area contributed by atoms with Crippen LogP contribution < -0.4 is 0 Å². The average molecular weight is 198 g/mol. The Morgan fingerprint density at radius 3 is 2.46 bits per heavy atom. The zero-order valence-electron chi connectivity index (χ0n) is 6.97. The third kappa shape index (κ3) is 2.48. The summed E-state index contributed by atoms with van der Waals surface area (Å²) in [5.74, 6) is 1.40. The van der Waals surface area contributed by atoms with E-state index in [0.717, 1.165) is 17.7 Å². The summed E-state index contributed by atoms with van der Waals surface area (Å²) in [6, 6.07) is 1.13. The maximum Gasteiger partial charge on any atom is 0.218 e. The second-order valence-electron chi connectivity index (χ2n) is 3.12. The summed E-state index contributed by atoms with van der Waals surface area (Å²) in [4.78, 5) is 7.56. The lowest BCUT2D eigenvalue weighted by Gasteiger charge is -1.99. The maximum absolute atomic E-state index is 9.05. The average Bonchev–Trinajstić information content (AvgIpc) is 2.81. The summed E-state index contributed by atoms with van der Waals surface area (Å²) in [7, 11) is 0. The molecule has 1 fully saturated rings. The second kappa shape index (κ2) is 3.41. The number of nitrogens with zero attached hydrogens (tertiary/aromatic N) is 2. The normalized spacial score (nSPS) is 16.0. The molecule has 5 heteroatoms. The Bertz CT molecular complexity index is 295. The fourth-order valence-electron chi connectivity index (χ4n) is 0.942. The van der Waals surface area contributed by atoms with Crippen LogP contribution in [0.1, 0.15) is 12.8 Å². The molecule has 0 atom stereocenters. The van der Waals surface area contributed by atoms with Crippen LogP contribution >= 0.6 is 11.8 Å². The van der Waals surface area contributed by atoms with Gasteiger partial charge in [-0.3, -0.25) is 0 Å². The van der Waals surface area contributed by atoms with Crippen molar-refractivity contribution in [3.8, 4) is 11.8 Å². The highest BCUT2D eigenvalue weighted by Gasteiger charge is 2.21. The van der Waals surface area contributed by atoms with Crippen molar-refractivity contribution in [1.82, 2.24) is 9.97 Å². The molecule has 2 rings (SSSR count). The number of aromatic nitrogens is 2. The molecule has 1 aromatic rings. The highest BCUT2D eigenvalue weighted by Crippen LogP contribution is 2.34. The molecule has 1 heterocycles. The van der Waals surface area contributed by atoms with Gasteiger partial charge in [0, 0.05) is 5.75 Å². The van der Waals surface area contributed by atoms with Gasteiger partial charge in [0.15, 0.2) is 5.16 Å². The minimum absolute atomic E-state index is 0.175. The van der Waals surface area contributed by atoms with Crippen LogP contribution in [0.2, 0.25) is 0 Å². The maximum atomic E-state index is 9.05. The van der Waals surface area contributed by atoms with Gasteiger partial charge in [0.25, 0.3) is 0 Å².